The summed E-state index contributed by atoms with van der Waals surface area (Å²) in [5.74, 6) is 0.125. The summed E-state index contributed by atoms with van der Waals surface area (Å²) >= 11 is 0. The molecule has 2 heteroatoms. The Labute approximate surface area is 80.0 Å². The van der Waals surface area contributed by atoms with Gasteiger partial charge >= 0.3 is 0 Å². The number of ketones is 1. The summed E-state index contributed by atoms with van der Waals surface area (Å²) in [5.41, 5.74) is 1.03. The molecule has 0 radical (unpaired) electrons. The van der Waals surface area contributed by atoms with Gasteiger partial charge in [0.1, 0.15) is 0 Å². The second kappa shape index (κ2) is 7.74. The molecular formula is C11H18O2. The number of aliphatic hydroxyl groups is 1. The SMILES string of the molecule is CC/C=C(/C=C/C(=O)CC)CCO. The molecule has 0 heterocycles. The first-order valence-electron chi connectivity index (χ1n) is 4.75. The molecule has 0 amide bonds. The van der Waals surface area contributed by atoms with Gasteiger partial charge in [-0.2, -0.15) is 0 Å². The topological polar surface area (TPSA) is 37.3 Å². The summed E-state index contributed by atoms with van der Waals surface area (Å²) in [6.45, 7) is 4.01. The Bertz CT molecular complexity index is 202. The van der Waals surface area contributed by atoms with Gasteiger partial charge in [0.05, 0.1) is 0 Å². The number of hydrogen-bond donors (Lipinski definition) is 1. The maximum atomic E-state index is 10.9. The van der Waals surface area contributed by atoms with E-state index in [4.69, 9.17) is 5.11 Å². The van der Waals surface area contributed by atoms with E-state index >= 15 is 0 Å². The lowest BCUT2D eigenvalue weighted by Crippen LogP contribution is -1.90. The van der Waals surface area contributed by atoms with Crippen molar-refractivity contribution in [3.8, 4) is 0 Å². The van der Waals surface area contributed by atoms with Gasteiger partial charge in [0.25, 0.3) is 0 Å². The lowest BCUT2D eigenvalue weighted by Gasteiger charge is -1.97. The van der Waals surface area contributed by atoms with E-state index in [1.54, 1.807) is 12.2 Å². The van der Waals surface area contributed by atoms with E-state index in [1.165, 1.54) is 0 Å². The molecular weight excluding hydrogens is 164 g/mol. The third-order valence-electron chi connectivity index (χ3n) is 1.70. The predicted molar refractivity (Wildman–Crippen MR) is 54.5 cm³/mol. The quantitative estimate of drug-likeness (QED) is 0.505. The zero-order chi connectivity index (χ0) is 10.1. The standard InChI is InChI=1S/C11H18O2/c1-3-5-10(8-9-12)6-7-11(13)4-2/h5-7,12H,3-4,8-9H2,1-2H3/b7-6+,10-5-. The van der Waals surface area contributed by atoms with Crippen molar-refractivity contribution in [2.45, 2.75) is 33.1 Å². The fourth-order valence-electron chi connectivity index (χ4n) is 0.963. The van der Waals surface area contributed by atoms with Gasteiger partial charge in [-0.1, -0.05) is 26.0 Å². The summed E-state index contributed by atoms with van der Waals surface area (Å²) in [5, 5.41) is 8.73. The lowest BCUT2D eigenvalue weighted by molar-refractivity contribution is -0.114. The van der Waals surface area contributed by atoms with E-state index in [0.717, 1.165) is 12.0 Å². The van der Waals surface area contributed by atoms with Gasteiger partial charge in [-0.25, -0.2) is 0 Å². The van der Waals surface area contributed by atoms with Gasteiger partial charge in [0.2, 0.25) is 0 Å². The molecule has 0 rings (SSSR count). The minimum atomic E-state index is 0.125. The highest BCUT2D eigenvalue weighted by Crippen LogP contribution is 2.04. The summed E-state index contributed by atoms with van der Waals surface area (Å²) < 4.78 is 0. The Hall–Kier alpha value is -0.890. The van der Waals surface area contributed by atoms with Gasteiger partial charge in [-0.05, 0) is 24.5 Å². The van der Waals surface area contributed by atoms with Gasteiger partial charge in [0.15, 0.2) is 5.78 Å². The summed E-state index contributed by atoms with van der Waals surface area (Å²) in [7, 11) is 0. The van der Waals surface area contributed by atoms with E-state index in [-0.39, 0.29) is 12.4 Å². The van der Waals surface area contributed by atoms with Crippen LogP contribution in [0.1, 0.15) is 33.1 Å². The van der Waals surface area contributed by atoms with Crippen LogP contribution in [0.15, 0.2) is 23.8 Å². The van der Waals surface area contributed by atoms with Crippen molar-refractivity contribution in [1.82, 2.24) is 0 Å². The van der Waals surface area contributed by atoms with Crippen LogP contribution in [0.3, 0.4) is 0 Å². The van der Waals surface area contributed by atoms with Gasteiger partial charge in [0, 0.05) is 13.0 Å². The average molecular weight is 182 g/mol. The summed E-state index contributed by atoms with van der Waals surface area (Å²) in [4.78, 5) is 10.9. The number of rotatable bonds is 6. The average Bonchev–Trinajstić information content (AvgIpc) is 2.14. The lowest BCUT2D eigenvalue weighted by atomic mass is 10.1. The number of aliphatic hydroxyl groups excluding tert-OH is 1. The maximum absolute atomic E-state index is 10.9. The fraction of sp³-hybridized carbons (Fsp3) is 0.545. The largest absolute Gasteiger partial charge is 0.396 e. The molecule has 0 saturated carbocycles. The Morgan fingerprint density at radius 1 is 1.31 bits per heavy atom. The van der Waals surface area contributed by atoms with E-state index in [0.29, 0.717) is 12.8 Å². The molecule has 0 spiro atoms. The summed E-state index contributed by atoms with van der Waals surface area (Å²) in [6, 6.07) is 0. The van der Waals surface area contributed by atoms with Crippen LogP contribution in [-0.2, 0) is 4.79 Å². The fourth-order valence-corrected chi connectivity index (χ4v) is 0.963. The van der Waals surface area contributed by atoms with Crippen molar-refractivity contribution >= 4 is 5.78 Å². The first kappa shape index (κ1) is 12.1. The molecule has 0 aliphatic rings. The van der Waals surface area contributed by atoms with E-state index in [9.17, 15) is 4.79 Å². The molecule has 0 unspecified atom stereocenters. The molecule has 0 aromatic heterocycles. The third-order valence-corrected chi connectivity index (χ3v) is 1.70. The molecule has 0 aliphatic heterocycles. The van der Waals surface area contributed by atoms with Crippen LogP contribution in [0.25, 0.3) is 0 Å². The van der Waals surface area contributed by atoms with Crippen LogP contribution in [0.2, 0.25) is 0 Å². The maximum Gasteiger partial charge on any atom is 0.155 e. The number of carbonyl (C=O) groups excluding carboxylic acids is 1. The molecule has 74 valence electrons. The van der Waals surface area contributed by atoms with Crippen LogP contribution in [-0.4, -0.2) is 17.5 Å². The second-order valence-corrected chi connectivity index (χ2v) is 2.81. The van der Waals surface area contributed by atoms with Crippen LogP contribution in [0, 0.1) is 0 Å². The van der Waals surface area contributed by atoms with Gasteiger partial charge in [-0.15, -0.1) is 0 Å². The zero-order valence-corrected chi connectivity index (χ0v) is 8.42. The van der Waals surface area contributed by atoms with Crippen molar-refractivity contribution in [3.05, 3.63) is 23.8 Å². The van der Waals surface area contributed by atoms with Crippen LogP contribution >= 0.6 is 0 Å². The molecule has 13 heavy (non-hydrogen) atoms. The van der Waals surface area contributed by atoms with E-state index < -0.39 is 0 Å². The normalized spacial score (nSPS) is 12.4. The third kappa shape index (κ3) is 6.29. The molecule has 0 aromatic carbocycles. The first-order valence-corrected chi connectivity index (χ1v) is 4.75. The Balaban J connectivity index is 4.16. The highest BCUT2D eigenvalue weighted by molar-refractivity contribution is 5.89. The molecule has 0 aliphatic carbocycles. The van der Waals surface area contributed by atoms with Crippen molar-refractivity contribution in [3.63, 3.8) is 0 Å². The van der Waals surface area contributed by atoms with Crippen LogP contribution in [0.5, 0.6) is 0 Å². The van der Waals surface area contributed by atoms with Crippen molar-refractivity contribution in [2.75, 3.05) is 6.61 Å². The van der Waals surface area contributed by atoms with Crippen molar-refractivity contribution < 1.29 is 9.90 Å². The first-order chi connectivity index (χ1) is 6.24. The smallest absolute Gasteiger partial charge is 0.155 e. The minimum Gasteiger partial charge on any atom is -0.396 e. The number of allylic oxidation sites excluding steroid dienone is 3. The number of carbonyl (C=O) groups is 1. The molecule has 0 atom stereocenters. The molecule has 1 N–H and O–H groups in total. The monoisotopic (exact) mass is 182 g/mol. The predicted octanol–water partition coefficient (Wildman–Crippen LogP) is 2.24. The molecule has 0 saturated heterocycles. The Kier molecular flexibility index (Phi) is 7.21. The summed E-state index contributed by atoms with van der Waals surface area (Å²) in [6.07, 6.45) is 7.49. The van der Waals surface area contributed by atoms with Crippen molar-refractivity contribution in [2.24, 2.45) is 0 Å². The minimum absolute atomic E-state index is 0.125. The highest BCUT2D eigenvalue weighted by atomic mass is 16.2. The molecule has 2 nitrogen and oxygen atoms in total. The second-order valence-electron chi connectivity index (χ2n) is 2.81. The molecule has 0 fully saturated rings. The van der Waals surface area contributed by atoms with Gasteiger partial charge < -0.3 is 5.11 Å². The Morgan fingerprint density at radius 3 is 2.46 bits per heavy atom. The van der Waals surface area contributed by atoms with E-state index in [2.05, 4.69) is 0 Å². The zero-order valence-electron chi connectivity index (χ0n) is 8.42. The highest BCUT2D eigenvalue weighted by Gasteiger charge is 1.93. The van der Waals surface area contributed by atoms with Gasteiger partial charge in [-0.3, -0.25) is 4.79 Å². The van der Waals surface area contributed by atoms with E-state index in [1.807, 2.05) is 19.9 Å². The van der Waals surface area contributed by atoms with Crippen molar-refractivity contribution in [1.29, 1.82) is 0 Å². The van der Waals surface area contributed by atoms with Crippen LogP contribution in [0.4, 0.5) is 0 Å². The number of hydrogen-bond acceptors (Lipinski definition) is 2. The molecule has 0 bridgehead atoms. The Morgan fingerprint density at radius 2 is 2.00 bits per heavy atom. The van der Waals surface area contributed by atoms with Crippen LogP contribution < -0.4 is 0 Å². The molecule has 0 aromatic rings.